The predicted molar refractivity (Wildman–Crippen MR) is 116 cm³/mol. The average Bonchev–Trinajstić information content (AvgIpc) is 3.30. The number of sulfonamides is 1. The SMILES string of the molecule is COc1ccc(S(=O)(=O)Nc2ccc(Oc3cc(-n4cccc4)nc(C)n3)cc2)cc1. The van der Waals surface area contributed by atoms with Crippen molar-refractivity contribution < 1.29 is 17.9 Å². The molecule has 31 heavy (non-hydrogen) atoms. The molecule has 4 aromatic rings. The zero-order chi connectivity index (χ0) is 21.8. The summed E-state index contributed by atoms with van der Waals surface area (Å²) in [5, 5.41) is 0. The van der Waals surface area contributed by atoms with Crippen molar-refractivity contribution in [1.29, 1.82) is 0 Å². The molecule has 0 amide bonds. The van der Waals surface area contributed by atoms with Crippen LogP contribution in [0.5, 0.6) is 17.4 Å². The van der Waals surface area contributed by atoms with E-state index in [2.05, 4.69) is 14.7 Å². The highest BCUT2D eigenvalue weighted by Gasteiger charge is 2.14. The normalized spacial score (nSPS) is 11.2. The summed E-state index contributed by atoms with van der Waals surface area (Å²) in [4.78, 5) is 8.85. The van der Waals surface area contributed by atoms with E-state index in [1.807, 2.05) is 29.1 Å². The lowest BCUT2D eigenvalue weighted by atomic mass is 10.3. The van der Waals surface area contributed by atoms with Crippen LogP contribution in [0.2, 0.25) is 0 Å². The molecule has 1 N–H and O–H groups in total. The number of aryl methyl sites for hydroxylation is 1. The van der Waals surface area contributed by atoms with Gasteiger partial charge in [-0.15, -0.1) is 0 Å². The van der Waals surface area contributed by atoms with E-state index in [0.29, 0.717) is 34.7 Å². The molecule has 0 radical (unpaired) electrons. The van der Waals surface area contributed by atoms with Gasteiger partial charge < -0.3 is 14.0 Å². The lowest BCUT2D eigenvalue weighted by Gasteiger charge is -2.11. The molecule has 0 saturated heterocycles. The van der Waals surface area contributed by atoms with Gasteiger partial charge in [-0.2, -0.15) is 4.98 Å². The average molecular weight is 436 g/mol. The van der Waals surface area contributed by atoms with Crippen molar-refractivity contribution in [3.05, 3.63) is 84.9 Å². The van der Waals surface area contributed by atoms with Gasteiger partial charge in [0.2, 0.25) is 5.88 Å². The number of nitrogens with one attached hydrogen (secondary N) is 1. The van der Waals surface area contributed by atoms with Gasteiger partial charge in [0.25, 0.3) is 10.0 Å². The number of hydrogen-bond donors (Lipinski definition) is 1. The van der Waals surface area contributed by atoms with Gasteiger partial charge in [0, 0.05) is 24.1 Å². The standard InChI is InChI=1S/C22H20N4O4S/c1-16-23-21(26-13-3-4-14-26)15-22(24-16)30-19-7-5-17(6-8-19)25-31(27,28)20-11-9-18(29-2)10-12-20/h3-15,25H,1-2H3. The largest absolute Gasteiger partial charge is 0.497 e. The Hall–Kier alpha value is -3.85. The molecule has 0 aliphatic rings. The van der Waals surface area contributed by atoms with Gasteiger partial charge in [0.1, 0.15) is 23.1 Å². The molecule has 2 aromatic carbocycles. The molecule has 0 bridgehead atoms. The molecule has 0 spiro atoms. The van der Waals surface area contributed by atoms with Crippen LogP contribution in [0.25, 0.3) is 5.82 Å². The van der Waals surface area contributed by atoms with Gasteiger partial charge in [-0.3, -0.25) is 4.72 Å². The summed E-state index contributed by atoms with van der Waals surface area (Å²) in [5.41, 5.74) is 0.412. The molecule has 0 aliphatic heterocycles. The number of benzene rings is 2. The van der Waals surface area contributed by atoms with Gasteiger partial charge in [-0.05, 0) is 67.6 Å². The van der Waals surface area contributed by atoms with Gasteiger partial charge in [-0.1, -0.05) is 0 Å². The lowest BCUT2D eigenvalue weighted by Crippen LogP contribution is -2.12. The first kappa shape index (κ1) is 20.4. The highest BCUT2D eigenvalue weighted by molar-refractivity contribution is 7.92. The third-order valence-corrected chi connectivity index (χ3v) is 5.77. The summed E-state index contributed by atoms with van der Waals surface area (Å²) in [6.07, 6.45) is 3.77. The zero-order valence-corrected chi connectivity index (χ0v) is 17.7. The second-order valence-corrected chi connectivity index (χ2v) is 8.29. The number of hydrogen-bond acceptors (Lipinski definition) is 6. The smallest absolute Gasteiger partial charge is 0.261 e. The third-order valence-electron chi connectivity index (χ3n) is 4.37. The monoisotopic (exact) mass is 436 g/mol. The Morgan fingerprint density at radius 2 is 1.55 bits per heavy atom. The zero-order valence-electron chi connectivity index (χ0n) is 16.9. The molecular weight excluding hydrogens is 416 g/mol. The summed E-state index contributed by atoms with van der Waals surface area (Å²) in [5.74, 6) is 2.76. The van der Waals surface area contributed by atoms with Gasteiger partial charge in [0.05, 0.1) is 12.0 Å². The summed E-state index contributed by atoms with van der Waals surface area (Å²) in [7, 11) is -2.19. The van der Waals surface area contributed by atoms with E-state index < -0.39 is 10.0 Å². The Labute approximate surface area is 180 Å². The minimum atomic E-state index is -3.72. The fraction of sp³-hybridized carbons (Fsp3) is 0.0909. The van der Waals surface area contributed by atoms with Crippen molar-refractivity contribution in [3.63, 3.8) is 0 Å². The molecule has 158 valence electrons. The van der Waals surface area contributed by atoms with Crippen LogP contribution in [-0.2, 0) is 10.0 Å². The number of rotatable bonds is 7. The van der Waals surface area contributed by atoms with Crippen molar-refractivity contribution in [3.8, 4) is 23.2 Å². The second-order valence-electron chi connectivity index (χ2n) is 6.61. The summed E-state index contributed by atoms with van der Waals surface area (Å²) in [6, 6.07) is 18.3. The highest BCUT2D eigenvalue weighted by atomic mass is 32.2. The van der Waals surface area contributed by atoms with E-state index in [9.17, 15) is 8.42 Å². The van der Waals surface area contributed by atoms with E-state index in [0.717, 1.165) is 0 Å². The van der Waals surface area contributed by atoms with Crippen molar-refractivity contribution in [1.82, 2.24) is 14.5 Å². The Bertz CT molecular complexity index is 1270. The topological polar surface area (TPSA) is 95.3 Å². The number of anilines is 1. The first-order valence-corrected chi connectivity index (χ1v) is 10.8. The summed E-state index contributed by atoms with van der Waals surface area (Å²) >= 11 is 0. The maximum absolute atomic E-state index is 12.6. The van der Waals surface area contributed by atoms with Crippen LogP contribution in [-0.4, -0.2) is 30.1 Å². The van der Waals surface area contributed by atoms with Gasteiger partial charge >= 0.3 is 0 Å². The quantitative estimate of drug-likeness (QED) is 0.467. The van der Waals surface area contributed by atoms with E-state index in [1.54, 1.807) is 49.4 Å². The minimum absolute atomic E-state index is 0.141. The number of methoxy groups -OCH3 is 1. The van der Waals surface area contributed by atoms with Crippen LogP contribution < -0.4 is 14.2 Å². The molecule has 4 rings (SSSR count). The van der Waals surface area contributed by atoms with E-state index >= 15 is 0 Å². The van der Waals surface area contributed by atoms with Crippen molar-refractivity contribution >= 4 is 15.7 Å². The third kappa shape index (κ3) is 4.84. The van der Waals surface area contributed by atoms with Crippen molar-refractivity contribution in [2.24, 2.45) is 0 Å². The molecule has 0 aliphatic carbocycles. The highest BCUT2D eigenvalue weighted by Crippen LogP contribution is 2.25. The van der Waals surface area contributed by atoms with Crippen LogP contribution in [0.4, 0.5) is 5.69 Å². The van der Waals surface area contributed by atoms with E-state index in [-0.39, 0.29) is 4.90 Å². The molecule has 9 heteroatoms. The lowest BCUT2D eigenvalue weighted by molar-refractivity contribution is 0.414. The van der Waals surface area contributed by atoms with E-state index in [4.69, 9.17) is 9.47 Å². The molecule has 2 heterocycles. The number of nitrogens with zero attached hydrogens (tertiary/aromatic N) is 3. The molecule has 0 atom stereocenters. The Morgan fingerprint density at radius 1 is 0.903 bits per heavy atom. The first-order valence-electron chi connectivity index (χ1n) is 9.37. The Balaban J connectivity index is 1.48. The fourth-order valence-corrected chi connectivity index (χ4v) is 3.94. The molecule has 2 aromatic heterocycles. The second kappa shape index (κ2) is 8.49. The van der Waals surface area contributed by atoms with Crippen molar-refractivity contribution in [2.75, 3.05) is 11.8 Å². The van der Waals surface area contributed by atoms with Crippen LogP contribution in [0.3, 0.4) is 0 Å². The van der Waals surface area contributed by atoms with Crippen molar-refractivity contribution in [2.45, 2.75) is 11.8 Å². The van der Waals surface area contributed by atoms with E-state index in [1.165, 1.54) is 19.2 Å². The molecular formula is C22H20N4O4S. The Morgan fingerprint density at radius 3 is 2.19 bits per heavy atom. The first-order chi connectivity index (χ1) is 14.9. The van der Waals surface area contributed by atoms with Gasteiger partial charge in [0.15, 0.2) is 0 Å². The van der Waals surface area contributed by atoms with Crippen LogP contribution in [0.15, 0.2) is 84.0 Å². The maximum atomic E-state index is 12.6. The number of aromatic nitrogens is 3. The number of ether oxygens (including phenoxy) is 2. The van der Waals surface area contributed by atoms with Crippen LogP contribution in [0, 0.1) is 6.92 Å². The molecule has 8 nitrogen and oxygen atoms in total. The molecule has 0 saturated carbocycles. The molecule has 0 unspecified atom stereocenters. The minimum Gasteiger partial charge on any atom is -0.497 e. The van der Waals surface area contributed by atoms with Crippen LogP contribution >= 0.6 is 0 Å². The summed E-state index contributed by atoms with van der Waals surface area (Å²) < 4.78 is 40.4. The van der Waals surface area contributed by atoms with Crippen LogP contribution in [0.1, 0.15) is 5.82 Å². The maximum Gasteiger partial charge on any atom is 0.261 e. The predicted octanol–water partition coefficient (Wildman–Crippen LogP) is 4.18. The van der Waals surface area contributed by atoms with Gasteiger partial charge in [-0.25, -0.2) is 13.4 Å². The molecule has 0 fully saturated rings. The Kier molecular flexibility index (Phi) is 5.59. The summed E-state index contributed by atoms with van der Waals surface area (Å²) in [6.45, 7) is 1.79. The fourth-order valence-electron chi connectivity index (χ4n) is 2.88.